The first-order chi connectivity index (χ1) is 10.6. The Labute approximate surface area is 135 Å². The van der Waals surface area contributed by atoms with Gasteiger partial charge in [-0.1, -0.05) is 42.8 Å². The summed E-state index contributed by atoms with van der Waals surface area (Å²) in [6.07, 6.45) is 2.22. The zero-order chi connectivity index (χ0) is 15.9. The Morgan fingerprint density at radius 3 is 2.77 bits per heavy atom. The molecule has 22 heavy (non-hydrogen) atoms. The molecule has 1 aliphatic heterocycles. The quantitative estimate of drug-likeness (QED) is 0.792. The Morgan fingerprint density at radius 1 is 1.36 bits per heavy atom. The summed E-state index contributed by atoms with van der Waals surface area (Å²) in [5, 5.41) is 5.78. The molecular formula is C16H21N3O2S. The molecule has 1 heterocycles. The van der Waals surface area contributed by atoms with Crippen molar-refractivity contribution in [3.8, 4) is 0 Å². The number of nitrogens with one attached hydrogen (secondary N) is 2. The monoisotopic (exact) mass is 319 g/mol. The summed E-state index contributed by atoms with van der Waals surface area (Å²) < 4.78 is 0. The minimum Gasteiger partial charge on any atom is -0.326 e. The van der Waals surface area contributed by atoms with Crippen LogP contribution in [0, 0.1) is 6.92 Å². The third kappa shape index (κ3) is 4.87. The van der Waals surface area contributed by atoms with Gasteiger partial charge < -0.3 is 10.6 Å². The van der Waals surface area contributed by atoms with Gasteiger partial charge in [-0.15, -0.1) is 0 Å². The summed E-state index contributed by atoms with van der Waals surface area (Å²) in [5.41, 5.74) is 1.88. The highest BCUT2D eigenvalue weighted by atomic mass is 32.2. The molecule has 1 aromatic carbocycles. The van der Waals surface area contributed by atoms with E-state index in [1.807, 2.05) is 31.2 Å². The number of hydrogen-bond acceptors (Lipinski definition) is 4. The lowest BCUT2D eigenvalue weighted by atomic mass is 10.2. The number of hydrogen-bond donors (Lipinski definition) is 2. The summed E-state index contributed by atoms with van der Waals surface area (Å²) in [7, 11) is 0. The molecule has 0 radical (unpaired) electrons. The summed E-state index contributed by atoms with van der Waals surface area (Å²) in [6, 6.07) is 7.58. The van der Waals surface area contributed by atoms with E-state index in [0.717, 1.165) is 24.1 Å². The third-order valence-corrected chi connectivity index (χ3v) is 4.37. The van der Waals surface area contributed by atoms with Gasteiger partial charge in [-0.3, -0.25) is 14.6 Å². The van der Waals surface area contributed by atoms with Gasteiger partial charge >= 0.3 is 0 Å². The molecule has 118 valence electrons. The van der Waals surface area contributed by atoms with Crippen molar-refractivity contribution in [2.45, 2.75) is 38.4 Å². The number of aliphatic imine (C=N–C) groups is 1. The van der Waals surface area contributed by atoms with Crippen LogP contribution in [-0.4, -0.2) is 28.8 Å². The Hall–Kier alpha value is -1.82. The van der Waals surface area contributed by atoms with Crippen molar-refractivity contribution in [1.82, 2.24) is 5.32 Å². The number of thioether (sulfide) groups is 1. The fourth-order valence-electron chi connectivity index (χ4n) is 1.97. The lowest BCUT2D eigenvalue weighted by Gasteiger charge is -2.07. The molecule has 1 aromatic rings. The highest BCUT2D eigenvalue weighted by Crippen LogP contribution is 2.23. The molecule has 5 nitrogen and oxygen atoms in total. The second-order valence-electron chi connectivity index (χ2n) is 5.25. The van der Waals surface area contributed by atoms with Crippen LogP contribution in [0.15, 0.2) is 29.3 Å². The molecule has 0 saturated carbocycles. The van der Waals surface area contributed by atoms with Crippen LogP contribution in [-0.2, 0) is 9.59 Å². The first-order valence-electron chi connectivity index (χ1n) is 7.47. The van der Waals surface area contributed by atoms with Crippen LogP contribution < -0.4 is 10.6 Å². The van der Waals surface area contributed by atoms with Gasteiger partial charge in [0.1, 0.15) is 5.25 Å². The van der Waals surface area contributed by atoms with E-state index in [-0.39, 0.29) is 18.2 Å². The Bertz CT molecular complexity index is 569. The second kappa shape index (κ2) is 7.98. The number of nitrogens with zero attached hydrogens (tertiary/aromatic N) is 1. The molecule has 2 amide bonds. The van der Waals surface area contributed by atoms with Gasteiger partial charge in [0.05, 0.1) is 0 Å². The van der Waals surface area contributed by atoms with Gasteiger partial charge in [-0.25, -0.2) is 0 Å². The second-order valence-corrected chi connectivity index (χ2v) is 6.45. The van der Waals surface area contributed by atoms with Crippen molar-refractivity contribution in [3.05, 3.63) is 29.8 Å². The normalized spacial score (nSPS) is 19.3. The van der Waals surface area contributed by atoms with E-state index in [2.05, 4.69) is 22.5 Å². The molecule has 0 bridgehead atoms. The first-order valence-corrected chi connectivity index (χ1v) is 8.35. The summed E-state index contributed by atoms with van der Waals surface area (Å²) in [5.74, 6) is -0.300. The molecular weight excluding hydrogens is 298 g/mol. The first kappa shape index (κ1) is 16.5. The van der Waals surface area contributed by atoms with Gasteiger partial charge in [0, 0.05) is 18.7 Å². The van der Waals surface area contributed by atoms with Crippen molar-refractivity contribution >= 4 is 34.4 Å². The predicted molar refractivity (Wildman–Crippen MR) is 91.2 cm³/mol. The summed E-state index contributed by atoms with van der Waals surface area (Å²) >= 11 is 1.34. The zero-order valence-corrected chi connectivity index (χ0v) is 13.7. The lowest BCUT2D eigenvalue weighted by molar-refractivity contribution is -0.122. The number of carbonyl (C=O) groups is 2. The largest absolute Gasteiger partial charge is 0.326 e. The predicted octanol–water partition coefficient (Wildman–Crippen LogP) is 2.71. The van der Waals surface area contributed by atoms with Crippen LogP contribution in [0.2, 0.25) is 0 Å². The van der Waals surface area contributed by atoms with Gasteiger partial charge in [-0.2, -0.15) is 0 Å². The minimum absolute atomic E-state index is 0.140. The molecule has 0 aliphatic carbocycles. The van der Waals surface area contributed by atoms with E-state index >= 15 is 0 Å². The highest BCUT2D eigenvalue weighted by molar-refractivity contribution is 8.15. The number of rotatable bonds is 6. The standard InChI is InChI=1S/C16H21N3O2S/c1-3-4-9-17-16-19-15(21)13(22-16)10-14(20)18-12-7-5-11(2)6-8-12/h5-8,13H,3-4,9-10H2,1-2H3,(H,18,20)(H,17,19,21). The van der Waals surface area contributed by atoms with Crippen molar-refractivity contribution in [1.29, 1.82) is 0 Å². The van der Waals surface area contributed by atoms with E-state index in [1.54, 1.807) is 0 Å². The maximum atomic E-state index is 12.0. The molecule has 2 N–H and O–H groups in total. The number of anilines is 1. The van der Waals surface area contributed by atoms with Crippen LogP contribution in [0.25, 0.3) is 0 Å². The zero-order valence-electron chi connectivity index (χ0n) is 12.9. The maximum Gasteiger partial charge on any atom is 0.240 e. The van der Waals surface area contributed by atoms with Gasteiger partial charge in [-0.05, 0) is 25.5 Å². The lowest BCUT2D eigenvalue weighted by Crippen LogP contribution is -2.28. The van der Waals surface area contributed by atoms with Gasteiger partial charge in [0.25, 0.3) is 0 Å². The molecule has 0 aromatic heterocycles. The molecule has 1 unspecified atom stereocenters. The maximum absolute atomic E-state index is 12.0. The number of carbonyl (C=O) groups excluding carboxylic acids is 2. The van der Waals surface area contributed by atoms with E-state index in [4.69, 9.17) is 0 Å². The van der Waals surface area contributed by atoms with Crippen molar-refractivity contribution in [2.24, 2.45) is 4.99 Å². The molecule has 1 atom stereocenters. The SMILES string of the molecule is CCCCN=C1NC(=O)C(CC(=O)Nc2ccc(C)cc2)S1. The van der Waals surface area contributed by atoms with E-state index in [1.165, 1.54) is 11.8 Å². The highest BCUT2D eigenvalue weighted by Gasteiger charge is 2.31. The molecule has 6 heteroatoms. The van der Waals surface area contributed by atoms with Crippen molar-refractivity contribution in [3.63, 3.8) is 0 Å². The van der Waals surface area contributed by atoms with Crippen molar-refractivity contribution < 1.29 is 9.59 Å². The van der Waals surface area contributed by atoms with E-state index in [9.17, 15) is 9.59 Å². The topological polar surface area (TPSA) is 70.6 Å². The van der Waals surface area contributed by atoms with Gasteiger partial charge in [0.15, 0.2) is 5.17 Å². The molecule has 1 aliphatic rings. The van der Waals surface area contributed by atoms with Crippen molar-refractivity contribution in [2.75, 3.05) is 11.9 Å². The van der Waals surface area contributed by atoms with Crippen LogP contribution in [0.5, 0.6) is 0 Å². The molecule has 2 rings (SSSR count). The minimum atomic E-state index is -0.397. The number of benzene rings is 1. The molecule has 1 fully saturated rings. The average Bonchev–Trinajstić information content (AvgIpc) is 2.82. The Balaban J connectivity index is 1.85. The number of amides is 2. The number of amidine groups is 1. The van der Waals surface area contributed by atoms with Crippen LogP contribution in [0.1, 0.15) is 31.7 Å². The fraction of sp³-hybridized carbons (Fsp3) is 0.438. The van der Waals surface area contributed by atoms with E-state index < -0.39 is 5.25 Å². The average molecular weight is 319 g/mol. The Morgan fingerprint density at radius 2 is 2.09 bits per heavy atom. The van der Waals surface area contributed by atoms with Crippen LogP contribution in [0.4, 0.5) is 5.69 Å². The fourth-order valence-corrected chi connectivity index (χ4v) is 2.97. The number of aryl methyl sites for hydroxylation is 1. The molecule has 1 saturated heterocycles. The third-order valence-electron chi connectivity index (χ3n) is 3.25. The smallest absolute Gasteiger partial charge is 0.240 e. The van der Waals surface area contributed by atoms with Crippen LogP contribution in [0.3, 0.4) is 0 Å². The Kier molecular flexibility index (Phi) is 6.00. The molecule has 0 spiro atoms. The summed E-state index contributed by atoms with van der Waals surface area (Å²) in [4.78, 5) is 28.2. The number of unbranched alkanes of at least 4 members (excludes halogenated alkanes) is 1. The van der Waals surface area contributed by atoms with Gasteiger partial charge in [0.2, 0.25) is 11.8 Å². The van der Waals surface area contributed by atoms with E-state index in [0.29, 0.717) is 11.7 Å². The van der Waals surface area contributed by atoms with Crippen LogP contribution >= 0.6 is 11.8 Å². The summed E-state index contributed by atoms with van der Waals surface area (Å²) in [6.45, 7) is 4.80.